The van der Waals surface area contributed by atoms with Crippen molar-refractivity contribution in [2.75, 3.05) is 19.6 Å². The quantitative estimate of drug-likeness (QED) is 0.815. The van der Waals surface area contributed by atoms with E-state index in [2.05, 4.69) is 53.7 Å². The molecule has 0 aromatic heterocycles. The van der Waals surface area contributed by atoms with Gasteiger partial charge in [0.15, 0.2) is 5.96 Å². The zero-order chi connectivity index (χ0) is 12.1. The van der Waals surface area contributed by atoms with E-state index in [1.165, 1.54) is 11.1 Å². The Kier molecular flexibility index (Phi) is 6.46. The lowest BCUT2D eigenvalue weighted by Crippen LogP contribution is -2.42. The first-order valence-electron chi connectivity index (χ1n) is 6.34. The van der Waals surface area contributed by atoms with Gasteiger partial charge in [-0.25, -0.2) is 0 Å². The third-order valence-electron chi connectivity index (χ3n) is 3.08. The molecule has 3 nitrogen and oxygen atoms in total. The van der Waals surface area contributed by atoms with Gasteiger partial charge >= 0.3 is 0 Å². The first-order chi connectivity index (χ1) is 8.25. The number of hydrogen-bond acceptors (Lipinski definition) is 3. The summed E-state index contributed by atoms with van der Waals surface area (Å²) in [5, 5.41) is 6.65. The molecule has 1 unspecified atom stereocenters. The summed E-state index contributed by atoms with van der Waals surface area (Å²) >= 11 is 0. The Labute approximate surface area is 126 Å². The van der Waals surface area contributed by atoms with Crippen molar-refractivity contribution in [1.82, 2.24) is 10.6 Å². The molecule has 1 aromatic rings. The molecule has 100 valence electrons. The van der Waals surface area contributed by atoms with Crippen molar-refractivity contribution in [3.8, 4) is 0 Å². The average molecular weight is 359 g/mol. The summed E-state index contributed by atoms with van der Waals surface area (Å²) in [4.78, 5) is 4.41. The molecular formula is C14H22IN3. The van der Waals surface area contributed by atoms with Gasteiger partial charge in [-0.05, 0) is 24.8 Å². The molecule has 1 aliphatic heterocycles. The molecule has 0 aliphatic carbocycles. The Hall–Kier alpha value is -0.780. The van der Waals surface area contributed by atoms with Crippen molar-refractivity contribution in [3.05, 3.63) is 35.4 Å². The van der Waals surface area contributed by atoms with E-state index in [1.807, 2.05) is 0 Å². The molecule has 1 heterocycles. The zero-order valence-corrected chi connectivity index (χ0v) is 13.4. The largest absolute Gasteiger partial charge is 0.356 e. The molecule has 0 bridgehead atoms. The number of guanidine groups is 1. The maximum atomic E-state index is 4.41. The number of halogens is 1. The summed E-state index contributed by atoms with van der Waals surface area (Å²) in [6.45, 7) is 7.27. The van der Waals surface area contributed by atoms with Crippen molar-refractivity contribution in [1.29, 1.82) is 0 Å². The first kappa shape index (κ1) is 15.3. The number of hydrogen-bond donors (Lipinski definition) is 2. The fourth-order valence-electron chi connectivity index (χ4n) is 2.00. The summed E-state index contributed by atoms with van der Waals surface area (Å²) in [6.07, 6.45) is 1.14. The normalized spacial score (nSPS) is 16.0. The van der Waals surface area contributed by atoms with Crippen molar-refractivity contribution in [2.24, 2.45) is 4.99 Å². The number of nitrogens with one attached hydrogen (secondary N) is 2. The minimum Gasteiger partial charge on any atom is -0.356 e. The van der Waals surface area contributed by atoms with Crippen LogP contribution in [0.5, 0.6) is 0 Å². The highest BCUT2D eigenvalue weighted by Crippen LogP contribution is 2.15. The fraction of sp³-hybridized carbons (Fsp3) is 0.500. The van der Waals surface area contributed by atoms with Crippen LogP contribution in [0.15, 0.2) is 29.3 Å². The Morgan fingerprint density at radius 3 is 2.94 bits per heavy atom. The molecule has 18 heavy (non-hydrogen) atoms. The summed E-state index contributed by atoms with van der Waals surface area (Å²) in [7, 11) is 0. The van der Waals surface area contributed by atoms with E-state index in [1.54, 1.807) is 0 Å². The van der Waals surface area contributed by atoms with Crippen molar-refractivity contribution in [2.45, 2.75) is 26.2 Å². The Balaban J connectivity index is 0.00000162. The molecule has 0 amide bonds. The second-order valence-electron chi connectivity index (χ2n) is 4.71. The van der Waals surface area contributed by atoms with Gasteiger partial charge in [-0.15, -0.1) is 24.0 Å². The van der Waals surface area contributed by atoms with E-state index in [-0.39, 0.29) is 24.0 Å². The third-order valence-corrected chi connectivity index (χ3v) is 3.08. The maximum Gasteiger partial charge on any atom is 0.191 e. The molecule has 0 saturated heterocycles. The lowest BCUT2D eigenvalue weighted by atomic mass is 9.99. The predicted molar refractivity (Wildman–Crippen MR) is 87.9 cm³/mol. The van der Waals surface area contributed by atoms with Gasteiger partial charge in [0.25, 0.3) is 0 Å². The molecule has 2 rings (SSSR count). The highest BCUT2D eigenvalue weighted by molar-refractivity contribution is 14.0. The third kappa shape index (κ3) is 4.48. The van der Waals surface area contributed by atoms with Gasteiger partial charge < -0.3 is 10.6 Å². The Morgan fingerprint density at radius 1 is 1.44 bits per heavy atom. The number of aliphatic imine (C=N–C) groups is 1. The standard InChI is InChI=1S/C14H21N3.HI/c1-11-5-3-6-13(9-11)12(2)10-17-14-15-7-4-8-16-14;/h3,5-6,9,12H,4,7-8,10H2,1-2H3,(H2,15,16,17);1H. The van der Waals surface area contributed by atoms with Crippen LogP contribution in [0.25, 0.3) is 0 Å². The maximum absolute atomic E-state index is 4.41. The molecule has 0 fully saturated rings. The van der Waals surface area contributed by atoms with Crippen LogP contribution >= 0.6 is 24.0 Å². The monoisotopic (exact) mass is 359 g/mol. The second-order valence-corrected chi connectivity index (χ2v) is 4.71. The van der Waals surface area contributed by atoms with Gasteiger partial charge in [0.1, 0.15) is 0 Å². The minimum absolute atomic E-state index is 0. The number of rotatable bonds is 3. The molecule has 2 N–H and O–H groups in total. The SMILES string of the molecule is Cc1cccc(C(C)CNC2=NCCCN2)c1.I. The Morgan fingerprint density at radius 2 is 2.28 bits per heavy atom. The van der Waals surface area contributed by atoms with E-state index in [0.29, 0.717) is 5.92 Å². The van der Waals surface area contributed by atoms with Crippen LogP contribution in [-0.2, 0) is 0 Å². The van der Waals surface area contributed by atoms with E-state index in [4.69, 9.17) is 0 Å². The van der Waals surface area contributed by atoms with Gasteiger partial charge in [-0.2, -0.15) is 0 Å². The van der Waals surface area contributed by atoms with Crippen LogP contribution in [0.4, 0.5) is 0 Å². The van der Waals surface area contributed by atoms with E-state index >= 15 is 0 Å². The van der Waals surface area contributed by atoms with Crippen LogP contribution in [-0.4, -0.2) is 25.6 Å². The average Bonchev–Trinajstić information content (AvgIpc) is 2.37. The smallest absolute Gasteiger partial charge is 0.191 e. The van der Waals surface area contributed by atoms with Crippen LogP contribution in [0.3, 0.4) is 0 Å². The summed E-state index contributed by atoms with van der Waals surface area (Å²) < 4.78 is 0. The van der Waals surface area contributed by atoms with Gasteiger partial charge in [0, 0.05) is 19.6 Å². The molecule has 1 aliphatic rings. The van der Waals surface area contributed by atoms with Crippen molar-refractivity contribution in [3.63, 3.8) is 0 Å². The van der Waals surface area contributed by atoms with Crippen LogP contribution in [0, 0.1) is 6.92 Å². The van der Waals surface area contributed by atoms with E-state index in [0.717, 1.165) is 32.0 Å². The molecular weight excluding hydrogens is 337 g/mol. The number of benzene rings is 1. The summed E-state index contributed by atoms with van der Waals surface area (Å²) in [5.41, 5.74) is 2.70. The molecule has 0 spiro atoms. The van der Waals surface area contributed by atoms with E-state index in [9.17, 15) is 0 Å². The van der Waals surface area contributed by atoms with E-state index < -0.39 is 0 Å². The first-order valence-corrected chi connectivity index (χ1v) is 6.34. The molecule has 1 atom stereocenters. The van der Waals surface area contributed by atoms with Gasteiger partial charge in [-0.3, -0.25) is 4.99 Å². The van der Waals surface area contributed by atoms with Crippen LogP contribution < -0.4 is 10.6 Å². The van der Waals surface area contributed by atoms with Crippen molar-refractivity contribution >= 4 is 29.9 Å². The summed E-state index contributed by atoms with van der Waals surface area (Å²) in [5.74, 6) is 1.46. The minimum atomic E-state index is 0. The van der Waals surface area contributed by atoms with Gasteiger partial charge in [-0.1, -0.05) is 36.8 Å². The number of nitrogens with zero attached hydrogens (tertiary/aromatic N) is 1. The Bertz CT molecular complexity index is 404. The van der Waals surface area contributed by atoms with Gasteiger partial charge in [0.05, 0.1) is 0 Å². The predicted octanol–water partition coefficient (Wildman–Crippen LogP) is 2.66. The molecule has 0 saturated carbocycles. The highest BCUT2D eigenvalue weighted by atomic mass is 127. The van der Waals surface area contributed by atoms with Crippen molar-refractivity contribution < 1.29 is 0 Å². The molecule has 0 radical (unpaired) electrons. The topological polar surface area (TPSA) is 36.4 Å². The van der Waals surface area contributed by atoms with Gasteiger partial charge in [0.2, 0.25) is 0 Å². The van der Waals surface area contributed by atoms with Crippen LogP contribution in [0.2, 0.25) is 0 Å². The van der Waals surface area contributed by atoms with Crippen LogP contribution in [0.1, 0.15) is 30.4 Å². The second kappa shape index (κ2) is 7.61. The fourth-order valence-corrected chi connectivity index (χ4v) is 2.00. The zero-order valence-electron chi connectivity index (χ0n) is 11.1. The lowest BCUT2D eigenvalue weighted by Gasteiger charge is -2.19. The molecule has 4 heteroatoms. The summed E-state index contributed by atoms with van der Waals surface area (Å²) in [6, 6.07) is 8.70. The lowest BCUT2D eigenvalue weighted by molar-refractivity contribution is 0.665. The highest BCUT2D eigenvalue weighted by Gasteiger charge is 2.08. The number of aryl methyl sites for hydroxylation is 1. The molecule has 1 aromatic carbocycles.